The van der Waals surface area contributed by atoms with Gasteiger partial charge in [-0.1, -0.05) is 6.07 Å². The third-order valence-electron chi connectivity index (χ3n) is 4.27. The minimum absolute atomic E-state index is 0.471. The van der Waals surface area contributed by atoms with Gasteiger partial charge >= 0.3 is 6.18 Å². The Balaban J connectivity index is 1.44. The molecule has 0 aliphatic carbocycles. The number of fused-ring (bicyclic) bond motifs is 1. The second-order valence-electron chi connectivity index (χ2n) is 6.15. The van der Waals surface area contributed by atoms with Gasteiger partial charge in [-0.25, -0.2) is 9.97 Å². The number of aromatic nitrogens is 3. The van der Waals surface area contributed by atoms with Crippen LogP contribution in [-0.4, -0.2) is 26.4 Å². The summed E-state index contributed by atoms with van der Waals surface area (Å²) in [5.41, 5.74) is 3.01. The Morgan fingerprint density at radius 2 is 2.00 bits per heavy atom. The predicted molar refractivity (Wildman–Crippen MR) is 86.8 cm³/mol. The number of furan rings is 1. The van der Waals surface area contributed by atoms with Crippen molar-refractivity contribution < 1.29 is 17.6 Å². The molecule has 0 aromatic carbocycles. The maximum Gasteiger partial charge on any atom is 0.451 e. The van der Waals surface area contributed by atoms with Gasteiger partial charge in [0.05, 0.1) is 12.0 Å². The van der Waals surface area contributed by atoms with Crippen molar-refractivity contribution in [3.05, 3.63) is 65.6 Å². The lowest BCUT2D eigenvalue weighted by Gasteiger charge is -2.28. The molecule has 4 rings (SSSR count). The molecule has 26 heavy (non-hydrogen) atoms. The monoisotopic (exact) mass is 360 g/mol. The van der Waals surface area contributed by atoms with Crippen LogP contribution in [0.4, 0.5) is 13.2 Å². The van der Waals surface area contributed by atoms with Crippen LogP contribution in [0.1, 0.15) is 22.6 Å². The molecule has 134 valence electrons. The summed E-state index contributed by atoms with van der Waals surface area (Å²) in [7, 11) is 0. The highest BCUT2D eigenvalue weighted by atomic mass is 19.4. The number of rotatable bonds is 3. The number of pyridine rings is 1. The van der Waals surface area contributed by atoms with Crippen LogP contribution < -0.4 is 0 Å². The molecule has 1 aliphatic heterocycles. The molecule has 0 radical (unpaired) electrons. The first-order valence-electron chi connectivity index (χ1n) is 8.12. The zero-order valence-electron chi connectivity index (χ0n) is 13.7. The molecule has 4 heterocycles. The van der Waals surface area contributed by atoms with Gasteiger partial charge in [0.15, 0.2) is 5.76 Å². The average molecular weight is 360 g/mol. The van der Waals surface area contributed by atoms with Crippen molar-refractivity contribution in [3.63, 3.8) is 0 Å². The van der Waals surface area contributed by atoms with Gasteiger partial charge in [0.1, 0.15) is 5.69 Å². The molecule has 5 nitrogen and oxygen atoms in total. The van der Waals surface area contributed by atoms with E-state index in [9.17, 15) is 13.2 Å². The third-order valence-corrected chi connectivity index (χ3v) is 4.27. The van der Waals surface area contributed by atoms with Crippen molar-refractivity contribution in [2.75, 3.05) is 6.54 Å². The smallest absolute Gasteiger partial charge is 0.451 e. The number of alkyl halides is 3. The third kappa shape index (κ3) is 3.45. The van der Waals surface area contributed by atoms with E-state index >= 15 is 0 Å². The van der Waals surface area contributed by atoms with E-state index in [2.05, 4.69) is 19.9 Å². The lowest BCUT2D eigenvalue weighted by Crippen LogP contribution is -2.31. The Kier molecular flexibility index (Phi) is 4.20. The SMILES string of the molecule is FC(F)(F)c1ncc2c(n1)CCN(Cc1ccc(-c3ccco3)nc1)C2. The largest absolute Gasteiger partial charge is 0.463 e. The molecular formula is C18H15F3N4O. The fraction of sp³-hybridized carbons (Fsp3) is 0.278. The highest BCUT2D eigenvalue weighted by Gasteiger charge is 2.35. The second kappa shape index (κ2) is 6.53. The number of halogens is 3. The van der Waals surface area contributed by atoms with Crippen molar-refractivity contribution in [2.24, 2.45) is 0 Å². The molecule has 0 saturated carbocycles. The predicted octanol–water partition coefficient (Wildman–Crippen LogP) is 3.71. The standard InChI is InChI=1S/C18H15F3N4O/c19-18(20,21)17-23-9-13-11-25(6-5-14(13)24-17)10-12-3-4-15(22-8-12)16-2-1-7-26-16/h1-4,7-9H,5-6,10-11H2. The van der Waals surface area contributed by atoms with Crippen molar-refractivity contribution in [2.45, 2.75) is 25.7 Å². The molecule has 0 atom stereocenters. The lowest BCUT2D eigenvalue weighted by molar-refractivity contribution is -0.145. The first-order chi connectivity index (χ1) is 12.5. The van der Waals surface area contributed by atoms with E-state index in [1.54, 1.807) is 12.5 Å². The normalized spacial score (nSPS) is 15.0. The summed E-state index contributed by atoms with van der Waals surface area (Å²) in [4.78, 5) is 13.7. The van der Waals surface area contributed by atoms with Gasteiger partial charge in [0.25, 0.3) is 0 Å². The summed E-state index contributed by atoms with van der Waals surface area (Å²) in [6.07, 6.45) is 0.640. The van der Waals surface area contributed by atoms with Crippen molar-refractivity contribution >= 4 is 0 Å². The Morgan fingerprint density at radius 1 is 1.12 bits per heavy atom. The summed E-state index contributed by atoms with van der Waals surface area (Å²) in [5, 5.41) is 0. The Morgan fingerprint density at radius 3 is 2.69 bits per heavy atom. The van der Waals surface area contributed by atoms with E-state index in [1.165, 1.54) is 6.20 Å². The summed E-state index contributed by atoms with van der Waals surface area (Å²) >= 11 is 0. The second-order valence-corrected chi connectivity index (χ2v) is 6.15. The molecule has 0 N–H and O–H groups in total. The van der Waals surface area contributed by atoms with Crippen LogP contribution in [-0.2, 0) is 25.7 Å². The van der Waals surface area contributed by atoms with Crippen LogP contribution in [0, 0.1) is 0 Å². The van der Waals surface area contributed by atoms with Gasteiger partial charge in [0, 0.05) is 44.0 Å². The van der Waals surface area contributed by atoms with Crippen LogP contribution in [0.2, 0.25) is 0 Å². The summed E-state index contributed by atoms with van der Waals surface area (Å²) in [5.74, 6) is -0.358. The van der Waals surface area contributed by atoms with E-state index < -0.39 is 12.0 Å². The van der Waals surface area contributed by atoms with Gasteiger partial charge in [-0.3, -0.25) is 9.88 Å². The zero-order valence-corrected chi connectivity index (χ0v) is 13.7. The van der Waals surface area contributed by atoms with E-state index in [1.807, 2.05) is 24.3 Å². The maximum absolute atomic E-state index is 12.7. The van der Waals surface area contributed by atoms with Crippen LogP contribution in [0.15, 0.2) is 47.3 Å². The highest BCUT2D eigenvalue weighted by Crippen LogP contribution is 2.28. The van der Waals surface area contributed by atoms with Crippen molar-refractivity contribution in [1.29, 1.82) is 0 Å². The molecule has 0 fully saturated rings. The average Bonchev–Trinajstić information content (AvgIpc) is 3.16. The first kappa shape index (κ1) is 16.7. The van der Waals surface area contributed by atoms with Gasteiger partial charge in [-0.05, 0) is 23.8 Å². The Hall–Kier alpha value is -2.74. The first-order valence-corrected chi connectivity index (χ1v) is 8.12. The number of hydrogen-bond donors (Lipinski definition) is 0. The van der Waals surface area contributed by atoms with Crippen molar-refractivity contribution in [1.82, 2.24) is 19.9 Å². The molecule has 3 aromatic heterocycles. The maximum atomic E-state index is 12.7. The van der Waals surface area contributed by atoms with E-state index in [-0.39, 0.29) is 0 Å². The fourth-order valence-corrected chi connectivity index (χ4v) is 2.99. The fourth-order valence-electron chi connectivity index (χ4n) is 2.99. The van der Waals surface area contributed by atoms with Crippen molar-refractivity contribution in [3.8, 4) is 11.5 Å². The molecule has 0 amide bonds. The molecule has 0 spiro atoms. The van der Waals surface area contributed by atoms with Gasteiger partial charge in [0.2, 0.25) is 5.82 Å². The Labute approximate surface area is 147 Å². The molecule has 0 bridgehead atoms. The molecule has 0 saturated heterocycles. The molecular weight excluding hydrogens is 345 g/mol. The molecule has 8 heteroatoms. The Bertz CT molecular complexity index is 892. The topological polar surface area (TPSA) is 55.1 Å². The number of nitrogens with zero attached hydrogens (tertiary/aromatic N) is 4. The minimum Gasteiger partial charge on any atom is -0.463 e. The van der Waals surface area contributed by atoms with Gasteiger partial charge in [-0.15, -0.1) is 0 Å². The number of hydrogen-bond acceptors (Lipinski definition) is 5. The summed E-state index contributed by atoms with van der Waals surface area (Å²) in [6.45, 7) is 1.82. The van der Waals surface area contributed by atoms with Crippen LogP contribution in [0.25, 0.3) is 11.5 Å². The van der Waals surface area contributed by atoms with Gasteiger partial charge < -0.3 is 4.42 Å². The summed E-state index contributed by atoms with van der Waals surface area (Å²) in [6, 6.07) is 7.52. The lowest BCUT2D eigenvalue weighted by atomic mass is 10.1. The van der Waals surface area contributed by atoms with E-state index in [4.69, 9.17) is 4.42 Å². The quantitative estimate of drug-likeness (QED) is 0.713. The molecule has 0 unspecified atom stereocenters. The molecule has 1 aliphatic rings. The molecule has 3 aromatic rings. The zero-order chi connectivity index (χ0) is 18.1. The minimum atomic E-state index is -4.51. The van der Waals surface area contributed by atoms with E-state index in [0.29, 0.717) is 37.5 Å². The van der Waals surface area contributed by atoms with Crippen LogP contribution in [0.5, 0.6) is 0 Å². The van der Waals surface area contributed by atoms with Crippen LogP contribution >= 0.6 is 0 Å². The van der Waals surface area contributed by atoms with Gasteiger partial charge in [-0.2, -0.15) is 13.2 Å². The van der Waals surface area contributed by atoms with Crippen LogP contribution in [0.3, 0.4) is 0 Å². The van der Waals surface area contributed by atoms with E-state index in [0.717, 1.165) is 16.8 Å². The summed E-state index contributed by atoms with van der Waals surface area (Å²) < 4.78 is 43.4. The highest BCUT2D eigenvalue weighted by molar-refractivity contribution is 5.51.